The molecule has 0 heterocycles. The highest BCUT2D eigenvalue weighted by Gasteiger charge is 1.94. The molecule has 0 spiro atoms. The van der Waals surface area contributed by atoms with Crippen molar-refractivity contribution in [3.05, 3.63) is 6.42 Å². The highest BCUT2D eigenvalue weighted by atomic mass is 35.5. The van der Waals surface area contributed by atoms with E-state index in [0.29, 0.717) is 5.38 Å². The molecule has 0 amide bonds. The van der Waals surface area contributed by atoms with Crippen molar-refractivity contribution in [2.45, 2.75) is 44.9 Å². The molecule has 0 aromatic rings. The van der Waals surface area contributed by atoms with E-state index in [1.165, 1.54) is 19.3 Å². The van der Waals surface area contributed by atoms with Crippen LogP contribution >= 0.6 is 11.6 Å². The minimum absolute atomic E-state index is 0.345. The lowest BCUT2D eigenvalue weighted by Crippen LogP contribution is -1.89. The van der Waals surface area contributed by atoms with E-state index < -0.39 is 0 Å². The second-order valence-corrected chi connectivity index (χ2v) is 3.18. The third-order valence-corrected chi connectivity index (χ3v) is 1.48. The Morgan fingerprint density at radius 3 is 2.56 bits per heavy atom. The molecule has 0 aliphatic heterocycles. The second kappa shape index (κ2) is 6.41. The van der Waals surface area contributed by atoms with Crippen molar-refractivity contribution in [3.8, 4) is 0 Å². The maximum absolute atomic E-state index is 5.74. The molecule has 1 radical (unpaired) electrons. The molecule has 0 nitrogen and oxygen atoms in total. The maximum Gasteiger partial charge on any atom is 0.0307 e. The highest BCUT2D eigenvalue weighted by Crippen LogP contribution is 2.07. The summed E-state index contributed by atoms with van der Waals surface area (Å²) >= 11 is 5.74. The van der Waals surface area contributed by atoms with E-state index in [1.54, 1.807) is 0 Å². The fourth-order valence-electron chi connectivity index (χ4n) is 0.696. The fourth-order valence-corrected chi connectivity index (χ4v) is 0.822. The van der Waals surface area contributed by atoms with E-state index in [-0.39, 0.29) is 0 Å². The largest absolute Gasteiger partial charge is 0.123 e. The first-order valence-corrected chi connectivity index (χ1v) is 4.16. The van der Waals surface area contributed by atoms with Crippen molar-refractivity contribution in [2.75, 3.05) is 0 Å². The molecule has 0 bridgehead atoms. The molecule has 0 saturated carbocycles. The van der Waals surface area contributed by atoms with Gasteiger partial charge in [-0.25, -0.2) is 0 Å². The Labute approximate surface area is 63.6 Å². The molecule has 1 heteroatoms. The van der Waals surface area contributed by atoms with Gasteiger partial charge in [0.25, 0.3) is 0 Å². The van der Waals surface area contributed by atoms with Gasteiger partial charge in [0.1, 0.15) is 0 Å². The van der Waals surface area contributed by atoms with Crippen LogP contribution in [-0.4, -0.2) is 5.38 Å². The Balaban J connectivity index is 2.75. The van der Waals surface area contributed by atoms with Crippen LogP contribution in [0.5, 0.6) is 0 Å². The van der Waals surface area contributed by atoms with Gasteiger partial charge in [-0.05, 0) is 26.2 Å². The highest BCUT2D eigenvalue weighted by molar-refractivity contribution is 6.20. The Bertz CT molecular complexity index is 50.5. The number of alkyl halides is 1. The van der Waals surface area contributed by atoms with Gasteiger partial charge >= 0.3 is 0 Å². The zero-order chi connectivity index (χ0) is 7.11. The minimum atomic E-state index is 0.345. The van der Waals surface area contributed by atoms with Crippen LogP contribution in [0.25, 0.3) is 0 Å². The zero-order valence-electron chi connectivity index (χ0n) is 6.36. The summed E-state index contributed by atoms with van der Waals surface area (Å²) in [7, 11) is 0. The fraction of sp³-hybridized carbons (Fsp3) is 0.875. The molecular formula is C8H16Cl. The van der Waals surface area contributed by atoms with E-state index >= 15 is 0 Å². The first kappa shape index (κ1) is 9.29. The first-order chi connectivity index (χ1) is 4.27. The smallest absolute Gasteiger partial charge is 0.0307 e. The molecule has 55 valence electrons. The molecule has 1 unspecified atom stereocenters. The SMILES string of the molecule is CCC[CH]CCC(C)Cl. The van der Waals surface area contributed by atoms with E-state index in [2.05, 4.69) is 13.3 Å². The van der Waals surface area contributed by atoms with Gasteiger partial charge < -0.3 is 0 Å². The molecule has 0 aliphatic carbocycles. The standard InChI is InChI=1S/C8H16Cl/c1-3-4-5-6-7-8(2)9/h5,8H,3-4,6-7H2,1-2H3. The molecule has 0 aromatic heterocycles. The monoisotopic (exact) mass is 147 g/mol. The van der Waals surface area contributed by atoms with E-state index in [9.17, 15) is 0 Å². The molecule has 0 N–H and O–H groups in total. The molecular weight excluding hydrogens is 132 g/mol. The summed E-state index contributed by atoms with van der Waals surface area (Å²) < 4.78 is 0. The lowest BCUT2D eigenvalue weighted by Gasteiger charge is -1.99. The van der Waals surface area contributed by atoms with Gasteiger partial charge in [-0.3, -0.25) is 0 Å². The van der Waals surface area contributed by atoms with Gasteiger partial charge in [-0.2, -0.15) is 0 Å². The van der Waals surface area contributed by atoms with Crippen LogP contribution in [0, 0.1) is 6.42 Å². The van der Waals surface area contributed by atoms with Crippen LogP contribution in [0.15, 0.2) is 0 Å². The Hall–Kier alpha value is 0.290. The van der Waals surface area contributed by atoms with Crippen molar-refractivity contribution in [2.24, 2.45) is 0 Å². The molecule has 0 fully saturated rings. The Morgan fingerprint density at radius 2 is 2.11 bits per heavy atom. The second-order valence-electron chi connectivity index (χ2n) is 2.44. The summed E-state index contributed by atoms with van der Waals surface area (Å²) in [5.41, 5.74) is 0. The van der Waals surface area contributed by atoms with Gasteiger partial charge in [-0.1, -0.05) is 19.8 Å². The Kier molecular flexibility index (Phi) is 6.62. The molecule has 0 aliphatic rings. The van der Waals surface area contributed by atoms with Gasteiger partial charge in [0.05, 0.1) is 0 Å². The van der Waals surface area contributed by atoms with E-state index in [4.69, 9.17) is 11.6 Å². The summed E-state index contributed by atoms with van der Waals surface area (Å²) in [6.07, 6.45) is 7.12. The van der Waals surface area contributed by atoms with E-state index in [1.807, 2.05) is 6.92 Å². The van der Waals surface area contributed by atoms with Crippen LogP contribution in [0.2, 0.25) is 0 Å². The summed E-state index contributed by atoms with van der Waals surface area (Å²) in [4.78, 5) is 0. The predicted molar refractivity (Wildman–Crippen MR) is 43.8 cm³/mol. The average Bonchev–Trinajstić information content (AvgIpc) is 1.80. The summed E-state index contributed by atoms with van der Waals surface area (Å²) in [6.45, 7) is 4.24. The normalized spacial score (nSPS) is 13.7. The van der Waals surface area contributed by atoms with Crippen LogP contribution in [0.1, 0.15) is 39.5 Å². The molecule has 0 rings (SSSR count). The number of hydrogen-bond donors (Lipinski definition) is 0. The van der Waals surface area contributed by atoms with Crippen molar-refractivity contribution in [3.63, 3.8) is 0 Å². The van der Waals surface area contributed by atoms with Gasteiger partial charge in [0, 0.05) is 5.38 Å². The maximum atomic E-state index is 5.74. The third kappa shape index (κ3) is 8.29. The van der Waals surface area contributed by atoms with Gasteiger partial charge in [0.2, 0.25) is 0 Å². The zero-order valence-corrected chi connectivity index (χ0v) is 7.12. The molecule has 1 atom stereocenters. The lowest BCUT2D eigenvalue weighted by molar-refractivity contribution is 0.742. The van der Waals surface area contributed by atoms with Crippen molar-refractivity contribution < 1.29 is 0 Å². The topological polar surface area (TPSA) is 0 Å². The van der Waals surface area contributed by atoms with Crippen molar-refractivity contribution >= 4 is 11.6 Å². The van der Waals surface area contributed by atoms with E-state index in [0.717, 1.165) is 6.42 Å². The summed E-state index contributed by atoms with van der Waals surface area (Å²) in [6, 6.07) is 0. The predicted octanol–water partition coefficient (Wildman–Crippen LogP) is 3.40. The molecule has 0 aromatic carbocycles. The van der Waals surface area contributed by atoms with Gasteiger partial charge in [0.15, 0.2) is 0 Å². The first-order valence-electron chi connectivity index (χ1n) is 3.73. The number of hydrogen-bond acceptors (Lipinski definition) is 0. The number of unbranched alkanes of at least 4 members (excludes halogenated alkanes) is 3. The number of halogens is 1. The van der Waals surface area contributed by atoms with Crippen LogP contribution in [0.3, 0.4) is 0 Å². The van der Waals surface area contributed by atoms with Crippen LogP contribution < -0.4 is 0 Å². The van der Waals surface area contributed by atoms with Crippen LogP contribution in [0.4, 0.5) is 0 Å². The van der Waals surface area contributed by atoms with Gasteiger partial charge in [-0.15, -0.1) is 11.6 Å². The summed E-state index contributed by atoms with van der Waals surface area (Å²) in [5.74, 6) is 0. The quantitative estimate of drug-likeness (QED) is 0.413. The minimum Gasteiger partial charge on any atom is -0.123 e. The third-order valence-electron chi connectivity index (χ3n) is 1.26. The molecule has 9 heavy (non-hydrogen) atoms. The summed E-state index contributed by atoms with van der Waals surface area (Å²) in [5, 5.41) is 0.345. The average molecular weight is 148 g/mol. The Morgan fingerprint density at radius 1 is 1.44 bits per heavy atom. The number of rotatable bonds is 5. The lowest BCUT2D eigenvalue weighted by atomic mass is 10.1. The van der Waals surface area contributed by atoms with Crippen molar-refractivity contribution in [1.29, 1.82) is 0 Å². The molecule has 0 saturated heterocycles. The van der Waals surface area contributed by atoms with Crippen LogP contribution in [-0.2, 0) is 0 Å². The van der Waals surface area contributed by atoms with Crippen molar-refractivity contribution in [1.82, 2.24) is 0 Å².